The number of fused-ring (bicyclic) bond motifs is 2. The van der Waals surface area contributed by atoms with E-state index in [0.717, 1.165) is 22.0 Å². The first-order chi connectivity index (χ1) is 44.7. The molecular weight excluding hydrogens is 1370 g/mol. The van der Waals surface area contributed by atoms with Crippen LogP contribution in [0.2, 0.25) is 10.0 Å². The molecule has 4 aromatic heterocycles. The SMILES string of the molecule is O=Cc1ccc(-c2ccc3ncnc(Nc4ccc(OCc5cccc(F)c5)c(Cl)c4)c3c2)o1.O=S(=O)(CCCCc1ccc(-c2ccc3ncnc(Nc4ccc(OCc5cccc(F)c5)c(Cl)c4)c3c2)o1)CC(F)(F)F.O=S(=O)(CCC[N-]Cl)CC(F)(F)F.[3H]P=S. The number of alkyl halides is 6. The van der Waals surface area contributed by atoms with E-state index < -0.39 is 55.0 Å². The lowest BCUT2D eigenvalue weighted by Gasteiger charge is -2.12. The molecule has 10 aromatic rings. The van der Waals surface area contributed by atoms with Crippen molar-refractivity contribution in [2.75, 3.05) is 40.2 Å². The molecule has 0 unspecified atom stereocenters. The van der Waals surface area contributed by atoms with E-state index in [2.05, 4.69) is 47.2 Å². The van der Waals surface area contributed by atoms with Gasteiger partial charge >= 0.3 is 12.4 Å². The lowest BCUT2D eigenvalue weighted by atomic mass is 10.1. The van der Waals surface area contributed by atoms with Crippen LogP contribution in [-0.2, 0) is 51.1 Å². The highest BCUT2D eigenvalue weighted by Gasteiger charge is 2.35. The van der Waals surface area contributed by atoms with Crippen LogP contribution in [0.25, 0.3) is 49.3 Å². The normalized spacial score (nSPS) is 11.8. The van der Waals surface area contributed by atoms with Gasteiger partial charge in [-0.25, -0.2) is 45.6 Å². The van der Waals surface area contributed by atoms with Gasteiger partial charge < -0.3 is 33.8 Å². The van der Waals surface area contributed by atoms with Gasteiger partial charge in [-0.2, -0.15) is 26.3 Å². The number of ether oxygens (including phenoxy) is 2. The highest BCUT2D eigenvalue weighted by Crippen LogP contribution is 2.36. The van der Waals surface area contributed by atoms with E-state index in [-0.39, 0.29) is 58.0 Å². The zero-order valence-corrected chi connectivity index (χ0v) is 53.7. The van der Waals surface area contributed by atoms with E-state index in [9.17, 15) is 56.8 Å². The number of hydrogen-bond donors (Lipinski definition) is 2. The number of aryl methyl sites for hydroxylation is 1. The number of rotatable bonds is 24. The van der Waals surface area contributed by atoms with E-state index in [4.69, 9.17) is 54.6 Å². The van der Waals surface area contributed by atoms with Crippen molar-refractivity contribution < 1.29 is 75.1 Å². The highest BCUT2D eigenvalue weighted by molar-refractivity contribution is 7.91. The van der Waals surface area contributed by atoms with Crippen molar-refractivity contribution in [3.05, 3.63) is 207 Å². The molecule has 0 atom stereocenters. The number of sulfone groups is 2. The zero-order valence-electron chi connectivity index (χ0n) is 49.1. The fourth-order valence-electron chi connectivity index (χ4n) is 8.71. The molecule has 0 aliphatic heterocycles. The largest absolute Gasteiger partial charge is 0.575 e. The average Bonchev–Trinajstić information content (AvgIpc) is 1.20. The summed E-state index contributed by atoms with van der Waals surface area (Å²) in [5.41, 5.74) is 5.68. The van der Waals surface area contributed by atoms with Crippen LogP contribution in [0.15, 0.2) is 167 Å². The van der Waals surface area contributed by atoms with Crippen molar-refractivity contribution in [1.82, 2.24) is 19.9 Å². The Balaban J connectivity index is 0.000000220. The number of carbonyl (C=O) groups excluding carboxylic acids is 1. The summed E-state index contributed by atoms with van der Waals surface area (Å²) in [4.78, 5) is 31.4. The molecule has 10 rings (SSSR count). The lowest BCUT2D eigenvalue weighted by molar-refractivity contribution is -0.107. The maximum atomic E-state index is 13.4. The van der Waals surface area contributed by atoms with Crippen LogP contribution in [0.4, 0.5) is 58.1 Å². The Hall–Kier alpha value is -7.88. The molecule has 0 fully saturated rings. The summed E-state index contributed by atoms with van der Waals surface area (Å²) < 4.78 is 173. The first-order valence-corrected chi connectivity index (χ1v) is 33.5. The van der Waals surface area contributed by atoms with Crippen LogP contribution in [0.3, 0.4) is 0 Å². The molecule has 31 heteroatoms. The van der Waals surface area contributed by atoms with Gasteiger partial charge in [0, 0.05) is 45.4 Å². The summed E-state index contributed by atoms with van der Waals surface area (Å²) in [7, 11) is -8.00. The molecule has 6 aromatic carbocycles. The van der Waals surface area contributed by atoms with Gasteiger partial charge in [0.25, 0.3) is 0 Å². The van der Waals surface area contributed by atoms with Gasteiger partial charge in [-0.15, -0.1) is 6.54 Å². The topological polar surface area (TPSA) is 220 Å². The van der Waals surface area contributed by atoms with Crippen molar-refractivity contribution in [3.8, 4) is 34.1 Å². The van der Waals surface area contributed by atoms with Gasteiger partial charge in [0.1, 0.15) is 90.7 Å². The fourth-order valence-corrected chi connectivity index (χ4v) is 11.8. The number of unbranched alkanes of at least 4 members (excludes halogenated alkanes) is 1. The number of aldehydes is 1. The van der Waals surface area contributed by atoms with Crippen molar-refractivity contribution >= 4 is 126 Å². The number of furan rings is 2. The smallest absolute Gasteiger partial charge is 0.402 e. The predicted molar refractivity (Wildman–Crippen MR) is 348 cm³/mol. The fraction of sp³-hybridized carbons (Fsp3) is 0.210. The molecule has 93 heavy (non-hydrogen) atoms. The number of halogens is 11. The third kappa shape index (κ3) is 23.3. The molecule has 2 N–H and O–H groups in total. The molecule has 4 heterocycles. The van der Waals surface area contributed by atoms with Crippen LogP contribution in [0.5, 0.6) is 11.5 Å². The molecule has 0 saturated heterocycles. The molecule has 0 aliphatic rings. The van der Waals surface area contributed by atoms with E-state index in [1.165, 1.54) is 36.9 Å². The van der Waals surface area contributed by atoms with Gasteiger partial charge in [-0.05, 0) is 153 Å². The number of aromatic nitrogens is 4. The molecular formula is C62H52Cl3F8N7O9PS3-. The van der Waals surface area contributed by atoms with Gasteiger partial charge in [-0.1, -0.05) is 65.7 Å². The maximum Gasteiger partial charge on any atom is 0.402 e. The summed E-state index contributed by atoms with van der Waals surface area (Å²) >= 11 is 21.8. The molecule has 0 bridgehead atoms. The van der Waals surface area contributed by atoms with Gasteiger partial charge in [0.15, 0.2) is 31.7 Å². The molecule has 0 saturated carbocycles. The third-order valence-electron chi connectivity index (χ3n) is 12.8. The minimum atomic E-state index is -4.74. The van der Waals surface area contributed by atoms with Crippen LogP contribution in [0, 0.1) is 11.6 Å². The summed E-state index contributed by atoms with van der Waals surface area (Å²) in [6.45, 7) is 0.392. The first kappa shape index (κ1) is 71.0. The minimum Gasteiger partial charge on any atom is -0.575 e. The number of hydrogen-bond acceptors (Lipinski definition) is 16. The third-order valence-corrected chi connectivity index (χ3v) is 16.9. The second kappa shape index (κ2) is 33.8. The summed E-state index contributed by atoms with van der Waals surface area (Å²) in [5, 5.41) is 8.75. The maximum absolute atomic E-state index is 13.4. The van der Waals surface area contributed by atoms with Gasteiger partial charge in [0.05, 0.1) is 26.8 Å². The monoisotopic (exact) mass is 1420 g/mol. The number of nitrogens with zero attached hydrogens (tertiary/aromatic N) is 5. The second-order valence-electron chi connectivity index (χ2n) is 19.9. The molecule has 0 spiro atoms. The number of carbonyl (C=O) groups is 1. The standard InChI is InChI=1S/C31H26ClF4N3O4S.C26H17ClFN3O3.C5H8ClF3NO2S.HPS/c32-26-16-23(8-11-29(26)42-17-20-4-3-5-22(33)14-20)39-30-25-15-21(7-10-27(25)37-19-38-30)28-12-9-24(43-28)6-1-2-13-44(40,41)18-31(34,35)36;27-22-12-19(5-8-25(22)33-14-16-2-1-3-18(28)10-16)31-26-21-11-17(4-7-23(21)29-15-30-26)24-9-6-20(13-32)34-24;6-10-2-1-3-13(11,12)4-5(7,8)9;1-2/h3-5,7-12,14-16,19H,1-2,6,13,17-18H2,(H,37,38,39);1-13,15H,14H2,(H,29,30,31);1-4H2;1H/q;;-1;/i;;;1T. The Labute approximate surface area is 551 Å². The van der Waals surface area contributed by atoms with Gasteiger partial charge in [0.2, 0.25) is 0 Å². The van der Waals surface area contributed by atoms with E-state index >= 15 is 0 Å². The Morgan fingerprint density at radius 1 is 0.602 bits per heavy atom. The van der Waals surface area contributed by atoms with E-state index in [1.807, 2.05) is 42.5 Å². The van der Waals surface area contributed by atoms with Crippen molar-refractivity contribution in [3.63, 3.8) is 0 Å². The molecule has 0 aliphatic carbocycles. The van der Waals surface area contributed by atoms with Crippen molar-refractivity contribution in [1.29, 1.82) is 1.28 Å². The minimum absolute atomic E-state index is 0.0158. The summed E-state index contributed by atoms with van der Waals surface area (Å²) in [6.07, 6.45) is -4.99. The quantitative estimate of drug-likeness (QED) is 0.0249. The van der Waals surface area contributed by atoms with Crippen LogP contribution < -0.4 is 20.1 Å². The summed E-state index contributed by atoms with van der Waals surface area (Å²) in [6, 6.07) is 40.8. The molecule has 16 nitrogen and oxygen atoms in total. The summed E-state index contributed by atoms with van der Waals surface area (Å²) in [5.74, 6) is -1.32. The van der Waals surface area contributed by atoms with Gasteiger partial charge in [-0.3, -0.25) is 16.6 Å². The first-order valence-electron chi connectivity index (χ1n) is 27.8. The van der Waals surface area contributed by atoms with Crippen LogP contribution >= 0.6 is 42.9 Å². The van der Waals surface area contributed by atoms with E-state index in [1.54, 1.807) is 78.9 Å². The molecule has 0 radical (unpaired) electrons. The average molecular weight is 1430 g/mol. The van der Waals surface area contributed by atoms with Crippen LogP contribution in [-0.4, -0.2) is 86.2 Å². The highest BCUT2D eigenvalue weighted by atomic mass is 35.5. The van der Waals surface area contributed by atoms with Crippen LogP contribution in [0.1, 0.15) is 46.7 Å². The van der Waals surface area contributed by atoms with Crippen molar-refractivity contribution in [2.24, 2.45) is 0 Å². The lowest BCUT2D eigenvalue weighted by Crippen LogP contribution is -2.25. The molecule has 0 amide bonds. The number of anilines is 4. The predicted octanol–water partition coefficient (Wildman–Crippen LogP) is 17.6. The number of nitrogens with one attached hydrogen (secondary N) is 2. The Bertz CT molecular complexity index is 4450. The second-order valence-corrected chi connectivity index (χ2v) is 25.4. The Morgan fingerprint density at radius 2 is 1.08 bits per heavy atom. The number of benzene rings is 6. The molecule has 490 valence electrons. The Kier molecular flexibility index (Phi) is 25.8. The Morgan fingerprint density at radius 3 is 1.52 bits per heavy atom. The zero-order chi connectivity index (χ0) is 68.1. The van der Waals surface area contributed by atoms with Crippen molar-refractivity contribution in [2.45, 2.75) is 51.2 Å². The van der Waals surface area contributed by atoms with E-state index in [0.29, 0.717) is 103 Å².